The fourth-order valence-corrected chi connectivity index (χ4v) is 4.33. The van der Waals surface area contributed by atoms with Gasteiger partial charge in [0.15, 0.2) is 5.16 Å². The van der Waals surface area contributed by atoms with Crippen LogP contribution < -0.4 is 0 Å². The molecule has 1 rings (SSSR count). The second kappa shape index (κ2) is 8.27. The lowest BCUT2D eigenvalue weighted by atomic mass is 10.5. The van der Waals surface area contributed by atoms with Crippen LogP contribution in [0.15, 0.2) is 10.3 Å². The normalized spacial score (nSPS) is 12.1. The summed E-state index contributed by atoms with van der Waals surface area (Å²) in [6.07, 6.45) is 4.86. The van der Waals surface area contributed by atoms with Gasteiger partial charge in [-0.3, -0.25) is 0 Å². The molecule has 0 saturated carbocycles. The molecule has 0 atom stereocenters. The zero-order chi connectivity index (χ0) is 14.3. The molecule has 9 heteroatoms. The SMILES string of the molecule is CO[Si](CCCn1nc(SC)nc1SC)(OC)OC. The van der Waals surface area contributed by atoms with Crippen molar-refractivity contribution < 1.29 is 13.3 Å². The molecule has 19 heavy (non-hydrogen) atoms. The van der Waals surface area contributed by atoms with Gasteiger partial charge in [-0.25, -0.2) is 4.68 Å². The minimum atomic E-state index is -2.47. The van der Waals surface area contributed by atoms with Crippen LogP contribution in [-0.4, -0.2) is 57.4 Å². The Labute approximate surface area is 124 Å². The van der Waals surface area contributed by atoms with E-state index in [0.29, 0.717) is 0 Å². The highest BCUT2D eigenvalue weighted by molar-refractivity contribution is 7.99. The summed E-state index contributed by atoms with van der Waals surface area (Å²) in [6, 6.07) is 0.763. The highest BCUT2D eigenvalue weighted by Crippen LogP contribution is 2.20. The molecule has 0 amide bonds. The van der Waals surface area contributed by atoms with Crippen molar-refractivity contribution in [3.8, 4) is 0 Å². The predicted molar refractivity (Wildman–Crippen MR) is 79.8 cm³/mol. The third kappa shape index (κ3) is 4.47. The molecule has 0 unspecified atom stereocenters. The monoisotopic (exact) mass is 323 g/mol. The number of thioether (sulfide) groups is 2. The standard InChI is InChI=1S/C10H21N3O3S2Si/c1-14-19(15-2,16-3)8-6-7-13-10(18-5)11-9(12-13)17-4/h6-8H2,1-5H3. The van der Waals surface area contributed by atoms with Crippen LogP contribution in [0.1, 0.15) is 6.42 Å². The van der Waals surface area contributed by atoms with E-state index in [1.165, 1.54) is 0 Å². The first-order chi connectivity index (χ1) is 9.14. The first kappa shape index (κ1) is 17.0. The van der Waals surface area contributed by atoms with Crippen LogP contribution in [-0.2, 0) is 19.8 Å². The van der Waals surface area contributed by atoms with Gasteiger partial charge < -0.3 is 13.3 Å². The molecule has 0 N–H and O–H groups in total. The highest BCUT2D eigenvalue weighted by Gasteiger charge is 2.36. The maximum Gasteiger partial charge on any atom is 0.500 e. The smallest absolute Gasteiger partial charge is 0.377 e. The van der Waals surface area contributed by atoms with Gasteiger partial charge in [-0.05, 0) is 18.9 Å². The van der Waals surface area contributed by atoms with E-state index in [1.807, 2.05) is 17.2 Å². The van der Waals surface area contributed by atoms with E-state index >= 15 is 0 Å². The van der Waals surface area contributed by atoms with Crippen molar-refractivity contribution in [2.24, 2.45) is 0 Å². The Kier molecular flexibility index (Phi) is 7.40. The maximum absolute atomic E-state index is 5.40. The molecule has 0 aliphatic rings. The van der Waals surface area contributed by atoms with Gasteiger partial charge in [0.1, 0.15) is 0 Å². The van der Waals surface area contributed by atoms with Crippen LogP contribution >= 0.6 is 23.5 Å². The molecule has 0 saturated heterocycles. The number of aromatic nitrogens is 3. The van der Waals surface area contributed by atoms with E-state index < -0.39 is 8.80 Å². The van der Waals surface area contributed by atoms with Crippen molar-refractivity contribution >= 4 is 32.3 Å². The molecular formula is C10H21N3O3S2Si. The highest BCUT2D eigenvalue weighted by atomic mass is 32.2. The van der Waals surface area contributed by atoms with Crippen LogP contribution in [0.2, 0.25) is 6.04 Å². The minimum Gasteiger partial charge on any atom is -0.377 e. The Hall–Kier alpha value is -0.0631. The Morgan fingerprint density at radius 1 is 1.11 bits per heavy atom. The van der Waals surface area contributed by atoms with E-state index in [4.69, 9.17) is 13.3 Å². The van der Waals surface area contributed by atoms with Crippen LogP contribution in [0, 0.1) is 0 Å². The lowest BCUT2D eigenvalue weighted by Crippen LogP contribution is -2.42. The number of aryl methyl sites for hydroxylation is 1. The molecule has 6 nitrogen and oxygen atoms in total. The Morgan fingerprint density at radius 2 is 1.74 bits per heavy atom. The molecule has 1 aromatic heterocycles. The van der Waals surface area contributed by atoms with E-state index in [1.54, 1.807) is 44.9 Å². The molecule has 0 fully saturated rings. The topological polar surface area (TPSA) is 58.4 Å². The number of hydrogen-bond acceptors (Lipinski definition) is 7. The summed E-state index contributed by atoms with van der Waals surface area (Å²) in [4.78, 5) is 4.42. The average Bonchev–Trinajstić information content (AvgIpc) is 2.86. The number of nitrogens with zero attached hydrogens (tertiary/aromatic N) is 3. The van der Waals surface area contributed by atoms with Gasteiger partial charge in [-0.15, -0.1) is 5.10 Å². The van der Waals surface area contributed by atoms with Crippen molar-refractivity contribution in [3.63, 3.8) is 0 Å². The van der Waals surface area contributed by atoms with Crippen LogP contribution in [0.25, 0.3) is 0 Å². The second-order valence-electron chi connectivity index (χ2n) is 3.71. The third-order valence-corrected chi connectivity index (χ3v) is 6.81. The summed E-state index contributed by atoms with van der Waals surface area (Å²) in [7, 11) is 2.42. The van der Waals surface area contributed by atoms with Gasteiger partial charge in [-0.1, -0.05) is 23.5 Å². The van der Waals surface area contributed by atoms with Crippen LogP contribution in [0.3, 0.4) is 0 Å². The molecule has 0 aliphatic heterocycles. The second-order valence-corrected chi connectivity index (χ2v) is 8.34. The van der Waals surface area contributed by atoms with Gasteiger partial charge in [0.25, 0.3) is 0 Å². The van der Waals surface area contributed by atoms with Crippen LogP contribution in [0.5, 0.6) is 0 Å². The molecule has 1 heterocycles. The third-order valence-electron chi connectivity index (χ3n) is 2.77. The fraction of sp³-hybridized carbons (Fsp3) is 0.800. The van der Waals surface area contributed by atoms with E-state index in [0.717, 1.165) is 29.3 Å². The average molecular weight is 324 g/mol. The summed E-state index contributed by atoms with van der Waals surface area (Å²) < 4.78 is 18.1. The molecule has 0 aliphatic carbocycles. The van der Waals surface area contributed by atoms with E-state index in [9.17, 15) is 0 Å². The summed E-state index contributed by atoms with van der Waals surface area (Å²) >= 11 is 3.15. The minimum absolute atomic E-state index is 0.763. The fourth-order valence-electron chi connectivity index (χ4n) is 1.69. The molecular weight excluding hydrogens is 302 g/mol. The lowest BCUT2D eigenvalue weighted by molar-refractivity contribution is 0.122. The Balaban J connectivity index is 2.59. The molecule has 0 spiro atoms. The van der Waals surface area contributed by atoms with Gasteiger partial charge >= 0.3 is 8.80 Å². The Morgan fingerprint density at radius 3 is 2.21 bits per heavy atom. The van der Waals surface area contributed by atoms with Crippen molar-refractivity contribution in [1.82, 2.24) is 14.8 Å². The number of hydrogen-bond donors (Lipinski definition) is 0. The van der Waals surface area contributed by atoms with Gasteiger partial charge in [-0.2, -0.15) is 4.98 Å². The van der Waals surface area contributed by atoms with Gasteiger partial charge in [0.2, 0.25) is 5.16 Å². The summed E-state index contributed by atoms with van der Waals surface area (Å²) in [5, 5.41) is 6.18. The van der Waals surface area contributed by atoms with Crippen LogP contribution in [0.4, 0.5) is 0 Å². The maximum atomic E-state index is 5.40. The summed E-state index contributed by atoms with van der Waals surface area (Å²) in [5.41, 5.74) is 0. The quantitative estimate of drug-likeness (QED) is 0.509. The molecule has 110 valence electrons. The largest absolute Gasteiger partial charge is 0.500 e. The van der Waals surface area contributed by atoms with Crippen molar-refractivity contribution in [3.05, 3.63) is 0 Å². The zero-order valence-corrected chi connectivity index (χ0v) is 14.6. The summed E-state index contributed by atoms with van der Waals surface area (Å²) in [6.45, 7) is 0.786. The molecule has 0 radical (unpaired) electrons. The zero-order valence-electron chi connectivity index (χ0n) is 12.0. The van der Waals surface area contributed by atoms with E-state index in [-0.39, 0.29) is 0 Å². The van der Waals surface area contributed by atoms with Crippen molar-refractivity contribution in [2.45, 2.75) is 29.3 Å². The first-order valence-electron chi connectivity index (χ1n) is 5.83. The molecule has 0 bridgehead atoms. The van der Waals surface area contributed by atoms with Crippen molar-refractivity contribution in [1.29, 1.82) is 0 Å². The molecule has 1 aromatic rings. The van der Waals surface area contributed by atoms with E-state index in [2.05, 4.69) is 10.1 Å². The number of rotatable bonds is 9. The first-order valence-corrected chi connectivity index (χ1v) is 10.2. The predicted octanol–water partition coefficient (Wildman–Crippen LogP) is 1.99. The van der Waals surface area contributed by atoms with Crippen molar-refractivity contribution in [2.75, 3.05) is 33.8 Å². The summed E-state index contributed by atoms with van der Waals surface area (Å²) in [5.74, 6) is 0. The molecule has 0 aromatic carbocycles. The van der Waals surface area contributed by atoms with Gasteiger partial charge in [0, 0.05) is 33.9 Å². The van der Waals surface area contributed by atoms with Gasteiger partial charge in [0.05, 0.1) is 0 Å². The lowest BCUT2D eigenvalue weighted by Gasteiger charge is -2.24. The Bertz CT molecular complexity index is 380.